The Hall–Kier alpha value is -2.73. The molecular weight excluding hydrogens is 404 g/mol. The topological polar surface area (TPSA) is 67.9 Å². The molecule has 0 aromatic heterocycles. The van der Waals surface area contributed by atoms with Crippen molar-refractivity contribution < 1.29 is 19.1 Å². The summed E-state index contributed by atoms with van der Waals surface area (Å²) in [5.41, 5.74) is 1.78. The van der Waals surface area contributed by atoms with Crippen LogP contribution in [0.15, 0.2) is 42.5 Å². The Morgan fingerprint density at radius 3 is 2.73 bits per heavy atom. The molecule has 1 unspecified atom stereocenters. The predicted octanol–water partition coefficient (Wildman–Crippen LogP) is 3.52. The molecular formula is C23H25ClN2O4. The molecule has 1 atom stereocenters. The van der Waals surface area contributed by atoms with Crippen molar-refractivity contribution in [3.63, 3.8) is 0 Å². The van der Waals surface area contributed by atoms with Crippen LogP contribution in [0.2, 0.25) is 5.02 Å². The molecule has 1 saturated heterocycles. The molecule has 0 aliphatic carbocycles. The molecule has 0 bridgehead atoms. The number of amides is 2. The van der Waals surface area contributed by atoms with Gasteiger partial charge in [-0.2, -0.15) is 0 Å². The number of ether oxygens (including phenoxy) is 2. The van der Waals surface area contributed by atoms with Gasteiger partial charge in [0.15, 0.2) is 11.5 Å². The van der Waals surface area contributed by atoms with Crippen LogP contribution in [0.4, 0.5) is 0 Å². The molecule has 2 heterocycles. The normalized spacial score (nSPS) is 16.8. The van der Waals surface area contributed by atoms with E-state index < -0.39 is 6.04 Å². The SMILES string of the molecule is O=C(NCCc1cc(Cl)c2c(c1)OCCO2)C(c1ccccc1)N1CCCCC1=O. The molecule has 7 heteroatoms. The molecule has 4 rings (SSSR count). The molecule has 158 valence electrons. The van der Waals surface area contributed by atoms with Crippen LogP contribution in [0.25, 0.3) is 0 Å². The highest BCUT2D eigenvalue weighted by atomic mass is 35.5. The number of halogens is 1. The third-order valence-electron chi connectivity index (χ3n) is 5.40. The fourth-order valence-corrected chi connectivity index (χ4v) is 4.23. The summed E-state index contributed by atoms with van der Waals surface area (Å²) in [6.07, 6.45) is 2.88. The Morgan fingerprint density at radius 1 is 1.13 bits per heavy atom. The van der Waals surface area contributed by atoms with Gasteiger partial charge in [0.1, 0.15) is 19.3 Å². The Balaban J connectivity index is 1.44. The maximum atomic E-state index is 13.1. The van der Waals surface area contributed by atoms with Gasteiger partial charge in [-0.3, -0.25) is 9.59 Å². The van der Waals surface area contributed by atoms with E-state index in [2.05, 4.69) is 5.32 Å². The van der Waals surface area contributed by atoms with Gasteiger partial charge >= 0.3 is 0 Å². The zero-order chi connectivity index (χ0) is 20.9. The lowest BCUT2D eigenvalue weighted by Gasteiger charge is -2.34. The summed E-state index contributed by atoms with van der Waals surface area (Å²) in [5.74, 6) is 1.07. The van der Waals surface area contributed by atoms with Crippen LogP contribution in [0.1, 0.15) is 36.4 Å². The monoisotopic (exact) mass is 428 g/mol. The number of nitrogens with one attached hydrogen (secondary N) is 1. The van der Waals surface area contributed by atoms with E-state index in [1.165, 1.54) is 0 Å². The number of hydrogen-bond acceptors (Lipinski definition) is 4. The highest BCUT2D eigenvalue weighted by Crippen LogP contribution is 2.38. The number of carbonyl (C=O) groups excluding carboxylic acids is 2. The van der Waals surface area contributed by atoms with Crippen molar-refractivity contribution >= 4 is 23.4 Å². The number of hydrogen-bond donors (Lipinski definition) is 1. The average molecular weight is 429 g/mol. The first-order valence-electron chi connectivity index (χ1n) is 10.3. The number of nitrogens with zero attached hydrogens (tertiary/aromatic N) is 1. The lowest BCUT2D eigenvalue weighted by molar-refractivity contribution is -0.142. The van der Waals surface area contributed by atoms with Gasteiger partial charge < -0.3 is 19.7 Å². The van der Waals surface area contributed by atoms with Crippen molar-refractivity contribution in [2.45, 2.75) is 31.7 Å². The summed E-state index contributed by atoms with van der Waals surface area (Å²) in [5, 5.41) is 3.51. The Morgan fingerprint density at radius 2 is 1.93 bits per heavy atom. The summed E-state index contributed by atoms with van der Waals surface area (Å²) < 4.78 is 11.2. The lowest BCUT2D eigenvalue weighted by atomic mass is 10.0. The van der Waals surface area contributed by atoms with Crippen molar-refractivity contribution in [1.29, 1.82) is 0 Å². The van der Waals surface area contributed by atoms with E-state index >= 15 is 0 Å². The van der Waals surface area contributed by atoms with Crippen molar-refractivity contribution in [3.05, 3.63) is 58.6 Å². The summed E-state index contributed by atoms with van der Waals surface area (Å²) in [6.45, 7) is 2.01. The number of benzene rings is 2. The van der Waals surface area contributed by atoms with Crippen molar-refractivity contribution in [3.8, 4) is 11.5 Å². The first-order chi connectivity index (χ1) is 14.6. The smallest absolute Gasteiger partial charge is 0.247 e. The maximum absolute atomic E-state index is 13.1. The summed E-state index contributed by atoms with van der Waals surface area (Å²) in [7, 11) is 0. The second kappa shape index (κ2) is 9.39. The largest absolute Gasteiger partial charge is 0.486 e. The van der Waals surface area contributed by atoms with Gasteiger partial charge in [-0.1, -0.05) is 41.9 Å². The third-order valence-corrected chi connectivity index (χ3v) is 5.69. The first-order valence-corrected chi connectivity index (χ1v) is 10.7. The minimum Gasteiger partial charge on any atom is -0.486 e. The second-order valence-electron chi connectivity index (χ2n) is 7.50. The number of fused-ring (bicyclic) bond motifs is 1. The molecule has 2 aliphatic rings. The molecule has 1 N–H and O–H groups in total. The Bertz CT molecular complexity index is 919. The van der Waals surface area contributed by atoms with Crippen molar-refractivity contribution in [2.24, 2.45) is 0 Å². The molecule has 2 amide bonds. The zero-order valence-electron chi connectivity index (χ0n) is 16.7. The predicted molar refractivity (Wildman–Crippen MR) is 114 cm³/mol. The van der Waals surface area contributed by atoms with Crippen molar-refractivity contribution in [2.75, 3.05) is 26.3 Å². The van der Waals surface area contributed by atoms with E-state index in [0.717, 1.165) is 24.0 Å². The van der Waals surface area contributed by atoms with Gasteiger partial charge in [0.25, 0.3) is 0 Å². The fourth-order valence-electron chi connectivity index (χ4n) is 3.94. The fraction of sp³-hybridized carbons (Fsp3) is 0.391. The quantitative estimate of drug-likeness (QED) is 0.764. The average Bonchev–Trinajstić information content (AvgIpc) is 2.76. The maximum Gasteiger partial charge on any atom is 0.247 e. The van der Waals surface area contributed by atoms with E-state index in [1.54, 1.807) is 4.90 Å². The van der Waals surface area contributed by atoms with Crippen LogP contribution < -0.4 is 14.8 Å². The molecule has 0 radical (unpaired) electrons. The van der Waals surface area contributed by atoms with Crippen LogP contribution in [-0.2, 0) is 16.0 Å². The van der Waals surface area contributed by atoms with E-state index in [9.17, 15) is 9.59 Å². The Kier molecular flexibility index (Phi) is 6.43. The van der Waals surface area contributed by atoms with Crippen molar-refractivity contribution in [1.82, 2.24) is 10.2 Å². The minimum absolute atomic E-state index is 0.0314. The number of rotatable bonds is 6. The minimum atomic E-state index is -0.608. The van der Waals surface area contributed by atoms with Gasteiger partial charge in [0.05, 0.1) is 5.02 Å². The lowest BCUT2D eigenvalue weighted by Crippen LogP contribution is -2.46. The van der Waals surface area contributed by atoms with Crippen LogP contribution in [0.5, 0.6) is 11.5 Å². The zero-order valence-corrected chi connectivity index (χ0v) is 17.5. The summed E-state index contributed by atoms with van der Waals surface area (Å²) in [4.78, 5) is 27.3. The molecule has 0 spiro atoms. The van der Waals surface area contributed by atoms with Crippen LogP contribution >= 0.6 is 11.6 Å². The van der Waals surface area contributed by atoms with E-state index in [4.69, 9.17) is 21.1 Å². The first kappa shape index (κ1) is 20.5. The summed E-state index contributed by atoms with van der Waals surface area (Å²) >= 11 is 6.30. The molecule has 2 aromatic carbocycles. The van der Waals surface area contributed by atoms with Crippen LogP contribution in [0, 0.1) is 0 Å². The number of carbonyl (C=O) groups is 2. The molecule has 2 aliphatic heterocycles. The van der Waals surface area contributed by atoms with E-state index in [0.29, 0.717) is 55.7 Å². The van der Waals surface area contributed by atoms with E-state index in [-0.39, 0.29) is 11.8 Å². The molecule has 0 saturated carbocycles. The number of likely N-dealkylation sites (tertiary alicyclic amines) is 1. The molecule has 2 aromatic rings. The van der Waals surface area contributed by atoms with Crippen LogP contribution in [-0.4, -0.2) is 43.0 Å². The van der Waals surface area contributed by atoms with Gasteiger partial charge in [-0.15, -0.1) is 0 Å². The van der Waals surface area contributed by atoms with Crippen LogP contribution in [0.3, 0.4) is 0 Å². The van der Waals surface area contributed by atoms with Gasteiger partial charge in [0.2, 0.25) is 11.8 Å². The van der Waals surface area contributed by atoms with Gasteiger partial charge in [-0.05, 0) is 42.5 Å². The Labute approximate surface area is 181 Å². The molecule has 30 heavy (non-hydrogen) atoms. The highest BCUT2D eigenvalue weighted by Gasteiger charge is 2.32. The van der Waals surface area contributed by atoms with Gasteiger partial charge in [-0.25, -0.2) is 0 Å². The summed E-state index contributed by atoms with van der Waals surface area (Å²) in [6, 6.07) is 12.6. The molecule has 1 fully saturated rings. The second-order valence-corrected chi connectivity index (χ2v) is 7.91. The standard InChI is InChI=1S/C23H25ClN2O4/c24-18-14-16(15-19-22(18)30-13-12-29-19)9-10-25-23(28)21(17-6-2-1-3-7-17)26-11-5-4-8-20(26)27/h1-3,6-7,14-15,21H,4-5,8-13H2,(H,25,28). The highest BCUT2D eigenvalue weighted by molar-refractivity contribution is 6.32. The van der Waals surface area contributed by atoms with E-state index in [1.807, 2.05) is 42.5 Å². The number of piperidine rings is 1. The molecule has 6 nitrogen and oxygen atoms in total. The van der Waals surface area contributed by atoms with Gasteiger partial charge in [0, 0.05) is 19.5 Å². The third kappa shape index (κ3) is 4.54.